The Kier molecular flexibility index (Phi) is 3.62. The van der Waals surface area contributed by atoms with E-state index >= 15 is 0 Å². The van der Waals surface area contributed by atoms with Gasteiger partial charge in [-0.25, -0.2) is 9.07 Å². The van der Waals surface area contributed by atoms with Gasteiger partial charge in [-0.2, -0.15) is 0 Å². The summed E-state index contributed by atoms with van der Waals surface area (Å²) in [5.74, 6) is 0.876. The fourth-order valence-corrected chi connectivity index (χ4v) is 4.31. The first-order chi connectivity index (χ1) is 13.8. The van der Waals surface area contributed by atoms with Gasteiger partial charge in [0.2, 0.25) is 0 Å². The third kappa shape index (κ3) is 2.50. The van der Waals surface area contributed by atoms with Crippen molar-refractivity contribution >= 4 is 0 Å². The molecule has 1 aromatic carbocycles. The van der Waals surface area contributed by atoms with Crippen LogP contribution < -0.4 is 4.74 Å². The van der Waals surface area contributed by atoms with Crippen LogP contribution in [0.25, 0.3) is 0 Å². The molecule has 3 aliphatic rings. The Labute approximate surface area is 168 Å². The van der Waals surface area contributed by atoms with Crippen LogP contribution in [0.2, 0.25) is 0 Å². The van der Waals surface area contributed by atoms with Crippen LogP contribution in [0.15, 0.2) is 65.9 Å². The summed E-state index contributed by atoms with van der Waals surface area (Å²) >= 11 is 0. The van der Waals surface area contributed by atoms with E-state index in [1.165, 1.54) is 12.1 Å². The predicted octanol–water partition coefficient (Wildman–Crippen LogP) is 3.67. The molecule has 0 amide bonds. The average Bonchev–Trinajstić information content (AvgIpc) is 3.18. The van der Waals surface area contributed by atoms with Gasteiger partial charge in [0.1, 0.15) is 17.6 Å². The van der Waals surface area contributed by atoms with Crippen LogP contribution in [0.5, 0.6) is 5.75 Å². The molecule has 7 heteroatoms. The van der Waals surface area contributed by atoms with Gasteiger partial charge in [0.15, 0.2) is 11.9 Å². The molecule has 0 N–H and O–H groups in total. The van der Waals surface area contributed by atoms with Crippen molar-refractivity contribution < 1.29 is 9.13 Å². The number of hydrogen-bond acceptors (Lipinski definition) is 5. The zero-order chi connectivity index (χ0) is 20.5. The summed E-state index contributed by atoms with van der Waals surface area (Å²) in [4.78, 5) is 2.25. The van der Waals surface area contributed by atoms with Crippen LogP contribution in [0.4, 0.5) is 4.39 Å². The van der Waals surface area contributed by atoms with Crippen molar-refractivity contribution in [1.29, 1.82) is 0 Å². The largest absolute Gasteiger partial charge is 0.479 e. The zero-order valence-corrected chi connectivity index (χ0v) is 16.7. The number of allylic oxidation sites excluding steroid dienone is 1. The molecule has 1 aromatic heterocycles. The van der Waals surface area contributed by atoms with E-state index < -0.39 is 0 Å². The lowest BCUT2D eigenvalue weighted by Gasteiger charge is -2.34. The van der Waals surface area contributed by atoms with Crippen molar-refractivity contribution in [1.82, 2.24) is 25.1 Å². The Balaban J connectivity index is 1.74. The van der Waals surface area contributed by atoms with E-state index in [2.05, 4.69) is 54.4 Å². The molecule has 0 fully saturated rings. The zero-order valence-electron chi connectivity index (χ0n) is 16.7. The Morgan fingerprint density at radius 1 is 1.24 bits per heavy atom. The van der Waals surface area contributed by atoms with E-state index in [1.54, 1.807) is 6.07 Å². The second-order valence-corrected chi connectivity index (χ2v) is 8.48. The Bertz CT molecular complexity index is 1120. The third-order valence-electron chi connectivity index (χ3n) is 5.64. The molecule has 2 unspecified atom stereocenters. The quantitative estimate of drug-likeness (QED) is 0.799. The lowest BCUT2D eigenvalue weighted by Crippen LogP contribution is -2.35. The maximum absolute atomic E-state index is 14.1. The van der Waals surface area contributed by atoms with Crippen LogP contribution in [0.1, 0.15) is 38.2 Å². The van der Waals surface area contributed by atoms with Gasteiger partial charge in [-0.1, -0.05) is 25.3 Å². The summed E-state index contributed by atoms with van der Waals surface area (Å²) in [6, 6.07) is 4.36. The van der Waals surface area contributed by atoms with Gasteiger partial charge in [0, 0.05) is 23.7 Å². The molecular formula is C22H22FN5O. The molecule has 0 radical (unpaired) electrons. The fourth-order valence-electron chi connectivity index (χ4n) is 4.31. The molecule has 0 saturated carbocycles. The summed E-state index contributed by atoms with van der Waals surface area (Å²) in [5.41, 5.74) is 4.81. The van der Waals surface area contributed by atoms with Gasteiger partial charge < -0.3 is 9.64 Å². The normalized spacial score (nSPS) is 22.6. The summed E-state index contributed by atoms with van der Waals surface area (Å²) in [6.07, 6.45) is 3.49. The van der Waals surface area contributed by atoms with Gasteiger partial charge in [-0.15, -0.1) is 5.10 Å². The highest BCUT2D eigenvalue weighted by Gasteiger charge is 2.53. The smallest absolute Gasteiger partial charge is 0.179 e. The Morgan fingerprint density at radius 3 is 2.72 bits per heavy atom. The van der Waals surface area contributed by atoms with E-state index in [-0.39, 0.29) is 23.5 Å². The molecular weight excluding hydrogens is 369 g/mol. The molecule has 2 aliphatic heterocycles. The SMILES string of the molecule is C=CC1=C(C=C)C2=C3C2Oc2cc(F)ccc2C(c2nnnn2C(C)(C)C)N3C1. The molecule has 2 atom stereocenters. The number of fused-ring (bicyclic) bond motifs is 2. The molecule has 0 bridgehead atoms. The Hall–Kier alpha value is -3.22. The van der Waals surface area contributed by atoms with Crippen LogP contribution in [0.3, 0.4) is 0 Å². The van der Waals surface area contributed by atoms with Gasteiger partial charge in [0.25, 0.3) is 0 Å². The summed E-state index contributed by atoms with van der Waals surface area (Å²) in [5, 5.41) is 12.6. The van der Waals surface area contributed by atoms with E-state index in [0.29, 0.717) is 18.1 Å². The number of halogens is 1. The number of ether oxygens (including phenoxy) is 1. The summed E-state index contributed by atoms with van der Waals surface area (Å²) in [6.45, 7) is 14.7. The summed E-state index contributed by atoms with van der Waals surface area (Å²) in [7, 11) is 0. The average molecular weight is 391 g/mol. The molecule has 148 valence electrons. The van der Waals surface area contributed by atoms with Crippen molar-refractivity contribution in [2.75, 3.05) is 6.54 Å². The number of aromatic nitrogens is 4. The number of nitrogens with zero attached hydrogens (tertiary/aromatic N) is 5. The topological polar surface area (TPSA) is 56.1 Å². The molecule has 29 heavy (non-hydrogen) atoms. The second kappa shape index (κ2) is 5.89. The van der Waals surface area contributed by atoms with E-state index in [1.807, 2.05) is 16.8 Å². The number of rotatable bonds is 3. The van der Waals surface area contributed by atoms with Crippen molar-refractivity contribution in [3.8, 4) is 5.75 Å². The maximum atomic E-state index is 14.1. The maximum Gasteiger partial charge on any atom is 0.179 e. The Morgan fingerprint density at radius 2 is 2.03 bits per heavy atom. The highest BCUT2D eigenvalue weighted by atomic mass is 19.1. The van der Waals surface area contributed by atoms with Crippen LogP contribution in [-0.4, -0.2) is 37.8 Å². The lowest BCUT2D eigenvalue weighted by molar-refractivity contribution is 0.258. The number of hydrogen-bond donors (Lipinski definition) is 0. The lowest BCUT2D eigenvalue weighted by atomic mass is 9.97. The standard InChI is InChI=1S/C22H22FN5O/c1-6-12-11-27-18(21-24-25-26-28(21)22(3,4)5)15-9-8-13(23)10-16(15)29-20-17(19(20)27)14(12)7-2/h6-10,18,20H,1-2,11H2,3-5H3. The van der Waals surface area contributed by atoms with Crippen LogP contribution >= 0.6 is 0 Å². The van der Waals surface area contributed by atoms with Crippen LogP contribution in [-0.2, 0) is 5.54 Å². The highest BCUT2D eigenvalue weighted by Crippen LogP contribution is 2.55. The molecule has 2 aromatic rings. The first-order valence-corrected chi connectivity index (χ1v) is 9.59. The predicted molar refractivity (Wildman–Crippen MR) is 107 cm³/mol. The van der Waals surface area contributed by atoms with E-state index in [9.17, 15) is 4.39 Å². The van der Waals surface area contributed by atoms with Gasteiger partial charge >= 0.3 is 0 Å². The van der Waals surface area contributed by atoms with Crippen molar-refractivity contribution in [2.45, 2.75) is 38.5 Å². The summed E-state index contributed by atoms with van der Waals surface area (Å²) < 4.78 is 22.1. The third-order valence-corrected chi connectivity index (χ3v) is 5.64. The van der Waals surface area contributed by atoms with Gasteiger partial charge in [-0.3, -0.25) is 0 Å². The van der Waals surface area contributed by atoms with E-state index in [4.69, 9.17) is 4.74 Å². The number of tetrazole rings is 1. The highest BCUT2D eigenvalue weighted by molar-refractivity contribution is 5.67. The molecule has 3 heterocycles. The van der Waals surface area contributed by atoms with Crippen molar-refractivity contribution in [3.63, 3.8) is 0 Å². The fraction of sp³-hybridized carbons (Fsp3) is 0.318. The molecule has 5 rings (SSSR count). The second-order valence-electron chi connectivity index (χ2n) is 8.48. The molecule has 0 spiro atoms. The van der Waals surface area contributed by atoms with Crippen LogP contribution in [0, 0.1) is 5.82 Å². The molecule has 6 nitrogen and oxygen atoms in total. The van der Waals surface area contributed by atoms with Gasteiger partial charge in [0.05, 0.1) is 11.2 Å². The minimum Gasteiger partial charge on any atom is -0.479 e. The number of benzene rings is 1. The molecule has 0 saturated heterocycles. The van der Waals surface area contributed by atoms with Crippen molar-refractivity contribution in [2.24, 2.45) is 0 Å². The minimum absolute atomic E-state index is 0.218. The monoisotopic (exact) mass is 391 g/mol. The molecule has 1 aliphatic carbocycles. The minimum atomic E-state index is -0.335. The first kappa shape index (κ1) is 17.8. The van der Waals surface area contributed by atoms with E-state index in [0.717, 1.165) is 28.0 Å². The van der Waals surface area contributed by atoms with Gasteiger partial charge in [-0.05, 0) is 54.5 Å². The first-order valence-electron chi connectivity index (χ1n) is 9.59. The van der Waals surface area contributed by atoms with Crippen molar-refractivity contribution in [3.05, 3.63) is 83.1 Å².